The van der Waals surface area contributed by atoms with Gasteiger partial charge in [0.25, 0.3) is 5.91 Å². The third-order valence-electron chi connectivity index (χ3n) is 5.81. The SMILES string of the molecule is CCCN1CCN(Cc2cc(C(=O)NN(CC(C)C)c3nc(C#N)ncc3Br)ccc2F)CC1.O=C(O)C(F)(F)F. The number of hydrazine groups is 1. The standard InChI is InChI=1S/C24H31BrFN7O.C2HF3O2/c1-4-7-31-8-10-32(11-9-31)16-19-12-18(5-6-21(19)26)24(34)30-33(15-17(2)3)23-20(25)14-28-22(13-27)29-23;3-2(4,5)1(6)7/h5-6,12,14,17H,4,7-11,15-16H2,1-3H3,(H,30,34);(H,6,7). The van der Waals surface area contributed by atoms with Crippen LogP contribution in [0, 0.1) is 23.1 Å². The lowest BCUT2D eigenvalue weighted by Crippen LogP contribution is -2.46. The Morgan fingerprint density at radius 2 is 1.83 bits per heavy atom. The van der Waals surface area contributed by atoms with Crippen LogP contribution in [0.4, 0.5) is 23.4 Å². The molecule has 2 N–H and O–H groups in total. The molecule has 1 aromatic carbocycles. The van der Waals surface area contributed by atoms with E-state index in [9.17, 15) is 27.6 Å². The Bertz CT molecular complexity index is 1230. The van der Waals surface area contributed by atoms with Crippen molar-refractivity contribution in [3.63, 3.8) is 0 Å². The summed E-state index contributed by atoms with van der Waals surface area (Å²) >= 11 is 3.40. The number of carboxylic acid groups (broad SMARTS) is 1. The monoisotopic (exact) mass is 645 g/mol. The van der Waals surface area contributed by atoms with Gasteiger partial charge < -0.3 is 10.0 Å². The van der Waals surface area contributed by atoms with Gasteiger partial charge in [-0.05, 0) is 53.0 Å². The van der Waals surface area contributed by atoms with Gasteiger partial charge in [0.2, 0.25) is 5.82 Å². The smallest absolute Gasteiger partial charge is 0.475 e. The first-order chi connectivity index (χ1) is 19.2. The van der Waals surface area contributed by atoms with Gasteiger partial charge >= 0.3 is 12.1 Å². The number of hydrogen-bond donors (Lipinski definition) is 2. The van der Waals surface area contributed by atoms with Crippen LogP contribution in [0.1, 0.15) is 48.9 Å². The summed E-state index contributed by atoms with van der Waals surface area (Å²) in [5, 5.41) is 17.9. The number of amides is 1. The zero-order valence-electron chi connectivity index (χ0n) is 22.9. The minimum atomic E-state index is -5.08. The van der Waals surface area contributed by atoms with Crippen molar-refractivity contribution in [2.75, 3.05) is 44.3 Å². The zero-order valence-corrected chi connectivity index (χ0v) is 24.5. The van der Waals surface area contributed by atoms with Crippen LogP contribution in [0.2, 0.25) is 0 Å². The Labute approximate surface area is 244 Å². The van der Waals surface area contributed by atoms with E-state index in [1.165, 1.54) is 18.3 Å². The van der Waals surface area contributed by atoms with E-state index in [2.05, 4.69) is 48.0 Å². The second-order valence-corrected chi connectivity index (χ2v) is 10.5. The van der Waals surface area contributed by atoms with E-state index in [0.29, 0.717) is 34.5 Å². The summed E-state index contributed by atoms with van der Waals surface area (Å²) in [5.74, 6) is -2.86. The number of anilines is 1. The molecule has 1 aliphatic rings. The molecule has 3 rings (SSSR count). The fourth-order valence-corrected chi connectivity index (χ4v) is 4.31. The first-order valence-corrected chi connectivity index (χ1v) is 13.6. The molecule has 0 atom stereocenters. The van der Waals surface area contributed by atoms with Gasteiger partial charge in [-0.1, -0.05) is 20.8 Å². The second-order valence-electron chi connectivity index (χ2n) is 9.65. The minimum absolute atomic E-state index is 0.00399. The first-order valence-electron chi connectivity index (χ1n) is 12.8. The summed E-state index contributed by atoms with van der Waals surface area (Å²) in [6, 6.07) is 6.36. The molecule has 41 heavy (non-hydrogen) atoms. The number of nitrogens with zero attached hydrogens (tertiary/aromatic N) is 6. The quantitative estimate of drug-likeness (QED) is 0.305. The number of benzene rings is 1. The summed E-state index contributed by atoms with van der Waals surface area (Å²) in [7, 11) is 0. The highest BCUT2D eigenvalue weighted by Gasteiger charge is 2.38. The number of hydrogen-bond acceptors (Lipinski definition) is 8. The van der Waals surface area contributed by atoms with Crippen molar-refractivity contribution in [1.82, 2.24) is 25.2 Å². The van der Waals surface area contributed by atoms with Gasteiger partial charge in [0.1, 0.15) is 11.9 Å². The third-order valence-corrected chi connectivity index (χ3v) is 6.37. The van der Waals surface area contributed by atoms with Crippen LogP contribution in [-0.4, -0.2) is 82.2 Å². The molecule has 0 aliphatic carbocycles. The Morgan fingerprint density at radius 3 is 2.37 bits per heavy atom. The van der Waals surface area contributed by atoms with Gasteiger partial charge in [0.05, 0.1) is 4.47 Å². The van der Waals surface area contributed by atoms with Gasteiger partial charge in [0, 0.05) is 56.6 Å². The number of halogens is 5. The van der Waals surface area contributed by atoms with E-state index in [1.54, 1.807) is 11.1 Å². The summed E-state index contributed by atoms with van der Waals surface area (Å²) in [4.78, 5) is 34.8. The van der Waals surface area contributed by atoms with E-state index in [0.717, 1.165) is 39.1 Å². The third kappa shape index (κ3) is 10.9. The second kappa shape index (κ2) is 15.6. The van der Waals surface area contributed by atoms with Crippen LogP contribution in [0.3, 0.4) is 0 Å². The molecule has 0 bridgehead atoms. The maximum atomic E-state index is 14.6. The molecular weight excluding hydrogens is 614 g/mol. The van der Waals surface area contributed by atoms with E-state index < -0.39 is 12.1 Å². The molecule has 10 nitrogen and oxygen atoms in total. The highest BCUT2D eigenvalue weighted by atomic mass is 79.9. The van der Waals surface area contributed by atoms with Crippen LogP contribution in [0.25, 0.3) is 0 Å². The highest BCUT2D eigenvalue weighted by Crippen LogP contribution is 2.23. The van der Waals surface area contributed by atoms with Crippen molar-refractivity contribution >= 4 is 33.6 Å². The number of carboxylic acids is 1. The molecule has 1 aliphatic heterocycles. The van der Waals surface area contributed by atoms with Crippen molar-refractivity contribution in [1.29, 1.82) is 5.26 Å². The number of rotatable bonds is 9. The van der Waals surface area contributed by atoms with Gasteiger partial charge in [-0.3, -0.25) is 20.1 Å². The van der Waals surface area contributed by atoms with Crippen LogP contribution >= 0.6 is 15.9 Å². The Morgan fingerprint density at radius 1 is 1.22 bits per heavy atom. The lowest BCUT2D eigenvalue weighted by Gasteiger charge is -2.34. The summed E-state index contributed by atoms with van der Waals surface area (Å²) in [6.45, 7) is 11.9. The van der Waals surface area contributed by atoms with Crippen molar-refractivity contribution < 1.29 is 32.3 Å². The number of alkyl halides is 3. The van der Waals surface area contributed by atoms with Crippen molar-refractivity contribution in [3.05, 3.63) is 51.6 Å². The largest absolute Gasteiger partial charge is 0.490 e. The molecule has 1 amide bonds. The number of carbonyl (C=O) groups excluding carboxylic acids is 1. The summed E-state index contributed by atoms with van der Waals surface area (Å²) < 4.78 is 46.9. The predicted molar refractivity (Wildman–Crippen MR) is 146 cm³/mol. The molecular formula is C26H32BrF4N7O3. The molecule has 1 saturated heterocycles. The number of aromatic nitrogens is 2. The van der Waals surface area contributed by atoms with Gasteiger partial charge in [-0.2, -0.15) is 23.4 Å². The number of carbonyl (C=O) groups is 2. The molecule has 2 aromatic rings. The molecule has 224 valence electrons. The number of nitriles is 1. The Hall–Kier alpha value is -3.35. The van der Waals surface area contributed by atoms with Gasteiger partial charge in [-0.25, -0.2) is 14.2 Å². The normalized spacial score (nSPS) is 14.1. The average Bonchev–Trinajstić information content (AvgIpc) is 2.90. The number of aliphatic carboxylic acids is 1. The number of piperazine rings is 1. The molecule has 0 radical (unpaired) electrons. The van der Waals surface area contributed by atoms with E-state index in [1.807, 2.05) is 19.9 Å². The van der Waals surface area contributed by atoms with Gasteiger partial charge in [0.15, 0.2) is 5.82 Å². The molecule has 2 heterocycles. The van der Waals surface area contributed by atoms with E-state index >= 15 is 0 Å². The molecule has 1 aromatic heterocycles. The fraction of sp³-hybridized carbons (Fsp3) is 0.500. The van der Waals surface area contributed by atoms with E-state index in [-0.39, 0.29) is 23.5 Å². The van der Waals surface area contributed by atoms with Crippen LogP contribution in [0.5, 0.6) is 0 Å². The van der Waals surface area contributed by atoms with Crippen LogP contribution in [0.15, 0.2) is 28.9 Å². The lowest BCUT2D eigenvalue weighted by molar-refractivity contribution is -0.192. The maximum Gasteiger partial charge on any atom is 0.490 e. The predicted octanol–water partition coefficient (Wildman–Crippen LogP) is 4.22. The zero-order chi connectivity index (χ0) is 30.7. The Kier molecular flexibility index (Phi) is 12.9. The van der Waals surface area contributed by atoms with Gasteiger partial charge in [-0.15, -0.1) is 0 Å². The minimum Gasteiger partial charge on any atom is -0.475 e. The molecule has 0 saturated carbocycles. The van der Waals surface area contributed by atoms with Crippen LogP contribution < -0.4 is 10.4 Å². The first kappa shape index (κ1) is 33.9. The fourth-order valence-electron chi connectivity index (χ4n) is 3.90. The van der Waals surface area contributed by atoms with Crippen molar-refractivity contribution in [2.45, 2.75) is 39.9 Å². The summed E-state index contributed by atoms with van der Waals surface area (Å²) in [5.41, 5.74) is 3.73. The lowest BCUT2D eigenvalue weighted by atomic mass is 10.1. The van der Waals surface area contributed by atoms with Crippen molar-refractivity contribution in [2.24, 2.45) is 5.92 Å². The topological polar surface area (TPSA) is 126 Å². The van der Waals surface area contributed by atoms with E-state index in [4.69, 9.17) is 9.90 Å². The number of nitrogens with one attached hydrogen (secondary N) is 1. The maximum absolute atomic E-state index is 14.6. The molecule has 0 spiro atoms. The molecule has 15 heteroatoms. The van der Waals surface area contributed by atoms with Crippen LogP contribution in [-0.2, 0) is 11.3 Å². The molecule has 0 unspecified atom stereocenters. The average molecular weight is 646 g/mol. The Balaban J connectivity index is 0.000000745. The molecule has 1 fully saturated rings. The highest BCUT2D eigenvalue weighted by molar-refractivity contribution is 9.10. The summed E-state index contributed by atoms with van der Waals surface area (Å²) in [6.07, 6.45) is -2.47. The van der Waals surface area contributed by atoms with Crippen molar-refractivity contribution in [3.8, 4) is 6.07 Å².